The first-order chi connectivity index (χ1) is 9.56. The molecule has 0 aliphatic heterocycles. The van der Waals surface area contributed by atoms with E-state index >= 15 is 0 Å². The normalized spacial score (nSPS) is 9.90. The van der Waals surface area contributed by atoms with Gasteiger partial charge in [-0.15, -0.1) is 11.3 Å². The van der Waals surface area contributed by atoms with Gasteiger partial charge in [-0.25, -0.2) is 0 Å². The molecule has 1 aromatic carbocycles. The number of anilines is 1. The van der Waals surface area contributed by atoms with Gasteiger partial charge in [-0.3, -0.25) is 15.6 Å². The van der Waals surface area contributed by atoms with Crippen LogP contribution in [0.15, 0.2) is 44.7 Å². The van der Waals surface area contributed by atoms with Gasteiger partial charge in [0.05, 0.1) is 8.66 Å². The van der Waals surface area contributed by atoms with Crippen LogP contribution in [0.4, 0.5) is 5.69 Å². The molecule has 0 aliphatic carbocycles. The Morgan fingerprint density at radius 2 is 1.85 bits per heavy atom. The zero-order valence-electron chi connectivity index (χ0n) is 9.94. The fourth-order valence-corrected chi connectivity index (χ4v) is 3.42. The van der Waals surface area contributed by atoms with Gasteiger partial charge in [0.25, 0.3) is 5.91 Å². The maximum absolute atomic E-state index is 11.9. The first kappa shape index (κ1) is 15.4. The Balaban J connectivity index is 1.86. The van der Waals surface area contributed by atoms with E-state index in [4.69, 9.17) is 12.2 Å². The molecule has 3 N–H and O–H groups in total. The molecule has 1 heterocycles. The fraction of sp³-hybridized carbons (Fsp3) is 0. The maximum Gasteiger partial charge on any atom is 0.279 e. The summed E-state index contributed by atoms with van der Waals surface area (Å²) in [7, 11) is 0. The highest BCUT2D eigenvalue weighted by atomic mass is 79.9. The SMILES string of the molecule is O=C(NNC(=S)Nc1ccccc1)c1cc(Br)c(Br)s1. The molecule has 2 aromatic rings. The maximum atomic E-state index is 11.9. The number of hydrazine groups is 1. The second kappa shape index (κ2) is 7.16. The average molecular weight is 435 g/mol. The predicted octanol–water partition coefficient (Wildman–Crippen LogP) is 3.90. The zero-order chi connectivity index (χ0) is 14.5. The van der Waals surface area contributed by atoms with Crippen LogP contribution in [0.1, 0.15) is 9.67 Å². The van der Waals surface area contributed by atoms with Gasteiger partial charge in [-0.05, 0) is 62.3 Å². The minimum Gasteiger partial charge on any atom is -0.331 e. The Labute approximate surface area is 142 Å². The second-order valence-corrected chi connectivity index (χ2v) is 7.26. The topological polar surface area (TPSA) is 53.2 Å². The minimum atomic E-state index is -0.251. The molecule has 0 unspecified atom stereocenters. The van der Waals surface area contributed by atoms with Crippen LogP contribution in [0.25, 0.3) is 0 Å². The quantitative estimate of drug-likeness (QED) is 0.495. The van der Waals surface area contributed by atoms with E-state index in [2.05, 4.69) is 48.0 Å². The number of benzene rings is 1. The summed E-state index contributed by atoms with van der Waals surface area (Å²) >= 11 is 13.1. The summed E-state index contributed by atoms with van der Waals surface area (Å²) < 4.78 is 1.71. The van der Waals surface area contributed by atoms with Gasteiger partial charge < -0.3 is 5.32 Å². The van der Waals surface area contributed by atoms with E-state index in [1.807, 2.05) is 30.3 Å². The standard InChI is InChI=1S/C12H9Br2N3OS2/c13-8-6-9(20-10(8)14)11(18)16-17-12(19)15-7-4-2-1-3-5-7/h1-6H,(H,16,18)(H2,15,17,19). The first-order valence-corrected chi connectivity index (χ1v) is 8.24. The van der Waals surface area contributed by atoms with Crippen molar-refractivity contribution in [3.8, 4) is 0 Å². The van der Waals surface area contributed by atoms with Crippen molar-refractivity contribution in [2.75, 3.05) is 5.32 Å². The number of thiophene rings is 1. The van der Waals surface area contributed by atoms with E-state index in [0.717, 1.165) is 13.9 Å². The summed E-state index contributed by atoms with van der Waals surface area (Å²) in [6, 6.07) is 11.2. The number of halogens is 2. The molecule has 2 rings (SSSR count). The molecule has 0 spiro atoms. The van der Waals surface area contributed by atoms with Crippen LogP contribution in [0.2, 0.25) is 0 Å². The molecular formula is C12H9Br2N3OS2. The molecule has 0 fully saturated rings. The highest BCUT2D eigenvalue weighted by Crippen LogP contribution is 2.32. The van der Waals surface area contributed by atoms with E-state index in [1.165, 1.54) is 11.3 Å². The highest BCUT2D eigenvalue weighted by Gasteiger charge is 2.11. The lowest BCUT2D eigenvalue weighted by Crippen LogP contribution is -2.43. The van der Waals surface area contributed by atoms with Gasteiger partial charge in [0.2, 0.25) is 0 Å². The van der Waals surface area contributed by atoms with Crippen LogP contribution in [0.3, 0.4) is 0 Å². The van der Waals surface area contributed by atoms with Crippen LogP contribution in [-0.2, 0) is 0 Å². The summed E-state index contributed by atoms with van der Waals surface area (Å²) in [6.07, 6.45) is 0. The number of nitrogens with one attached hydrogen (secondary N) is 3. The number of para-hydroxylation sites is 1. The third-order valence-corrected chi connectivity index (χ3v) is 5.65. The summed E-state index contributed by atoms with van der Waals surface area (Å²) in [6.45, 7) is 0. The van der Waals surface area contributed by atoms with Gasteiger partial charge in [-0.1, -0.05) is 18.2 Å². The number of amides is 1. The van der Waals surface area contributed by atoms with Crippen molar-refractivity contribution in [3.63, 3.8) is 0 Å². The molecule has 104 valence electrons. The Bertz CT molecular complexity index is 611. The van der Waals surface area contributed by atoms with E-state index < -0.39 is 0 Å². The zero-order valence-corrected chi connectivity index (χ0v) is 14.7. The number of rotatable bonds is 2. The van der Waals surface area contributed by atoms with Crippen molar-refractivity contribution in [2.24, 2.45) is 0 Å². The van der Waals surface area contributed by atoms with Crippen molar-refractivity contribution in [3.05, 3.63) is 49.5 Å². The molecule has 0 radical (unpaired) electrons. The monoisotopic (exact) mass is 433 g/mol. The number of thiocarbonyl (C=S) groups is 1. The summed E-state index contributed by atoms with van der Waals surface area (Å²) in [5.74, 6) is -0.251. The molecule has 0 saturated heterocycles. The molecule has 0 saturated carbocycles. The largest absolute Gasteiger partial charge is 0.331 e. The molecular weight excluding hydrogens is 426 g/mol. The van der Waals surface area contributed by atoms with Crippen molar-refractivity contribution >= 4 is 72.1 Å². The number of hydrogen-bond acceptors (Lipinski definition) is 3. The predicted molar refractivity (Wildman–Crippen MR) is 93.0 cm³/mol. The summed E-state index contributed by atoms with van der Waals surface area (Å²) in [5.41, 5.74) is 6.04. The van der Waals surface area contributed by atoms with E-state index in [0.29, 0.717) is 9.99 Å². The van der Waals surface area contributed by atoms with Crippen molar-refractivity contribution in [2.45, 2.75) is 0 Å². The van der Waals surface area contributed by atoms with Crippen LogP contribution in [0.5, 0.6) is 0 Å². The lowest BCUT2D eigenvalue weighted by Gasteiger charge is -2.10. The van der Waals surface area contributed by atoms with Crippen LogP contribution in [-0.4, -0.2) is 11.0 Å². The van der Waals surface area contributed by atoms with Crippen LogP contribution >= 0.6 is 55.4 Å². The van der Waals surface area contributed by atoms with Crippen LogP contribution < -0.4 is 16.2 Å². The molecule has 1 amide bonds. The van der Waals surface area contributed by atoms with Gasteiger partial charge in [0.15, 0.2) is 5.11 Å². The third kappa shape index (κ3) is 4.27. The Morgan fingerprint density at radius 3 is 2.45 bits per heavy atom. The molecule has 4 nitrogen and oxygen atoms in total. The van der Waals surface area contributed by atoms with Gasteiger partial charge in [-0.2, -0.15) is 0 Å². The van der Waals surface area contributed by atoms with E-state index in [1.54, 1.807) is 6.07 Å². The minimum absolute atomic E-state index is 0.251. The Kier molecular flexibility index (Phi) is 5.53. The Hall–Kier alpha value is -0.960. The first-order valence-electron chi connectivity index (χ1n) is 5.43. The second-order valence-electron chi connectivity index (χ2n) is 3.63. The third-order valence-electron chi connectivity index (χ3n) is 2.19. The Morgan fingerprint density at radius 1 is 1.15 bits per heavy atom. The van der Waals surface area contributed by atoms with E-state index in [-0.39, 0.29) is 5.91 Å². The molecule has 20 heavy (non-hydrogen) atoms. The van der Waals surface area contributed by atoms with Gasteiger partial charge in [0.1, 0.15) is 0 Å². The van der Waals surface area contributed by atoms with Crippen molar-refractivity contribution < 1.29 is 4.79 Å². The molecule has 8 heteroatoms. The fourth-order valence-electron chi connectivity index (χ4n) is 1.32. The lowest BCUT2D eigenvalue weighted by atomic mass is 10.3. The van der Waals surface area contributed by atoms with Crippen molar-refractivity contribution in [1.82, 2.24) is 10.9 Å². The number of hydrogen-bond donors (Lipinski definition) is 3. The van der Waals surface area contributed by atoms with E-state index in [9.17, 15) is 4.79 Å². The smallest absolute Gasteiger partial charge is 0.279 e. The summed E-state index contributed by atoms with van der Waals surface area (Å²) in [4.78, 5) is 12.4. The molecule has 1 aromatic heterocycles. The van der Waals surface area contributed by atoms with Gasteiger partial charge in [0, 0.05) is 10.2 Å². The molecule has 0 atom stereocenters. The highest BCUT2D eigenvalue weighted by molar-refractivity contribution is 9.13. The summed E-state index contributed by atoms with van der Waals surface area (Å²) in [5, 5.41) is 3.27. The number of carbonyl (C=O) groups is 1. The van der Waals surface area contributed by atoms with Crippen LogP contribution in [0, 0.1) is 0 Å². The number of carbonyl (C=O) groups excluding carboxylic acids is 1. The lowest BCUT2D eigenvalue weighted by molar-refractivity contribution is 0.0948. The molecule has 0 bridgehead atoms. The average Bonchev–Trinajstić information content (AvgIpc) is 2.77. The molecule has 0 aliphatic rings. The van der Waals surface area contributed by atoms with Crippen molar-refractivity contribution in [1.29, 1.82) is 0 Å². The van der Waals surface area contributed by atoms with Gasteiger partial charge >= 0.3 is 0 Å².